The molecule has 0 bridgehead atoms. The summed E-state index contributed by atoms with van der Waals surface area (Å²) in [6.45, 7) is 5.91. The number of hydrazine groups is 1. The number of rotatable bonds is 7. The Balaban J connectivity index is 1.80. The van der Waals surface area contributed by atoms with Gasteiger partial charge in [0.25, 0.3) is 5.91 Å². The molecule has 0 aromatic heterocycles. The summed E-state index contributed by atoms with van der Waals surface area (Å²) < 4.78 is 5.50. The minimum atomic E-state index is -0.777. The first-order chi connectivity index (χ1) is 15.1. The van der Waals surface area contributed by atoms with Crippen molar-refractivity contribution in [2.24, 2.45) is 0 Å². The van der Waals surface area contributed by atoms with Crippen molar-refractivity contribution in [2.75, 3.05) is 29.2 Å². The number of thiocarbonyl (C=S) groups is 1. The number of benzene rings is 1. The second-order valence-corrected chi connectivity index (χ2v) is 10.7. The first kappa shape index (κ1) is 26.3. The standard InChI is InChI=1S/C21H30N4O4S3/c1-21(2,3)29-19(28)22-15(10-12-31-4)18(27)23-24-20(30)32-13-17(26)25-11-9-14-7-5-6-8-16(14)25/h5-8,15H,9-13H2,1-4H3,(H,22,28)(H,23,27)(H,24,30)/t15-/m0/s1. The highest BCUT2D eigenvalue weighted by Gasteiger charge is 2.26. The first-order valence-corrected chi connectivity index (χ1v) is 13.0. The van der Waals surface area contributed by atoms with Gasteiger partial charge in [-0.05, 0) is 57.3 Å². The smallest absolute Gasteiger partial charge is 0.408 e. The van der Waals surface area contributed by atoms with Gasteiger partial charge in [-0.15, -0.1) is 0 Å². The minimum Gasteiger partial charge on any atom is -0.444 e. The van der Waals surface area contributed by atoms with Crippen molar-refractivity contribution in [1.29, 1.82) is 0 Å². The molecule has 1 heterocycles. The third-order valence-corrected chi connectivity index (χ3v) is 6.28. The van der Waals surface area contributed by atoms with E-state index in [1.165, 1.54) is 0 Å². The number of amides is 3. The van der Waals surface area contributed by atoms with Crippen molar-refractivity contribution in [3.63, 3.8) is 0 Å². The molecule has 3 amide bonds. The molecule has 1 aromatic carbocycles. The molecule has 11 heteroatoms. The average molecular weight is 499 g/mol. The Bertz CT molecular complexity index is 845. The molecule has 0 spiro atoms. The van der Waals surface area contributed by atoms with Gasteiger partial charge in [0.2, 0.25) is 5.91 Å². The van der Waals surface area contributed by atoms with Crippen molar-refractivity contribution in [2.45, 2.75) is 45.3 Å². The summed E-state index contributed by atoms with van der Waals surface area (Å²) in [6.07, 6.45) is 2.53. The van der Waals surface area contributed by atoms with E-state index in [-0.39, 0.29) is 16.0 Å². The van der Waals surface area contributed by atoms with Gasteiger partial charge in [-0.3, -0.25) is 20.4 Å². The van der Waals surface area contributed by atoms with E-state index in [0.717, 1.165) is 29.4 Å². The fourth-order valence-electron chi connectivity index (χ4n) is 2.99. The molecule has 0 radical (unpaired) electrons. The topological polar surface area (TPSA) is 99.8 Å². The first-order valence-electron chi connectivity index (χ1n) is 10.2. The van der Waals surface area contributed by atoms with Gasteiger partial charge in [0, 0.05) is 12.2 Å². The summed E-state index contributed by atoms with van der Waals surface area (Å²) in [4.78, 5) is 38.9. The molecular weight excluding hydrogens is 468 g/mol. The zero-order valence-corrected chi connectivity index (χ0v) is 21.2. The molecule has 0 unspecified atom stereocenters. The van der Waals surface area contributed by atoms with Crippen molar-refractivity contribution < 1.29 is 19.1 Å². The van der Waals surface area contributed by atoms with E-state index in [1.54, 1.807) is 37.4 Å². The Morgan fingerprint density at radius 3 is 2.62 bits per heavy atom. The lowest BCUT2D eigenvalue weighted by Gasteiger charge is -2.23. The maximum atomic E-state index is 12.6. The lowest BCUT2D eigenvalue weighted by molar-refractivity contribution is -0.123. The molecule has 1 atom stereocenters. The van der Waals surface area contributed by atoms with Crippen molar-refractivity contribution in [1.82, 2.24) is 16.2 Å². The number of hydrogen-bond donors (Lipinski definition) is 3. The molecule has 176 valence electrons. The van der Waals surface area contributed by atoms with E-state index >= 15 is 0 Å². The summed E-state index contributed by atoms with van der Waals surface area (Å²) in [5.74, 6) is 0.355. The molecule has 1 aromatic rings. The maximum absolute atomic E-state index is 12.6. The number of carbonyl (C=O) groups excluding carboxylic acids is 3. The van der Waals surface area contributed by atoms with E-state index in [4.69, 9.17) is 17.0 Å². The average Bonchev–Trinajstić information content (AvgIpc) is 3.16. The zero-order valence-electron chi connectivity index (χ0n) is 18.7. The van der Waals surface area contributed by atoms with Crippen LogP contribution in [0.25, 0.3) is 0 Å². The van der Waals surface area contributed by atoms with Gasteiger partial charge in [0.1, 0.15) is 11.6 Å². The number of nitrogens with zero attached hydrogens (tertiary/aromatic N) is 1. The fraction of sp³-hybridized carbons (Fsp3) is 0.524. The monoisotopic (exact) mass is 498 g/mol. The highest BCUT2D eigenvalue weighted by Crippen LogP contribution is 2.27. The fourth-order valence-corrected chi connectivity index (χ4v) is 4.23. The van der Waals surface area contributed by atoms with Gasteiger partial charge in [-0.25, -0.2) is 4.79 Å². The predicted molar refractivity (Wildman–Crippen MR) is 135 cm³/mol. The summed E-state index contributed by atoms with van der Waals surface area (Å²) in [5.41, 5.74) is 6.60. The largest absolute Gasteiger partial charge is 0.444 e. The van der Waals surface area contributed by atoms with Crippen LogP contribution in [-0.2, 0) is 20.7 Å². The molecule has 3 N–H and O–H groups in total. The van der Waals surface area contributed by atoms with E-state index in [9.17, 15) is 14.4 Å². The second-order valence-electron chi connectivity index (χ2n) is 8.09. The number of hydrogen-bond acceptors (Lipinski definition) is 7. The second kappa shape index (κ2) is 12.3. The Hall–Kier alpha value is -1.98. The Morgan fingerprint density at radius 1 is 1.22 bits per heavy atom. The SMILES string of the molecule is CSCC[C@H](NC(=O)OC(C)(C)C)C(=O)NNC(=S)SCC(=O)N1CCc2ccccc21. The van der Waals surface area contributed by atoms with Crippen LogP contribution in [0.4, 0.5) is 10.5 Å². The number of nitrogens with one attached hydrogen (secondary N) is 3. The Morgan fingerprint density at radius 2 is 1.94 bits per heavy atom. The van der Waals surface area contributed by atoms with E-state index < -0.39 is 23.6 Å². The van der Waals surface area contributed by atoms with Crippen LogP contribution in [0.1, 0.15) is 32.8 Å². The van der Waals surface area contributed by atoms with Crippen LogP contribution >= 0.6 is 35.7 Å². The van der Waals surface area contributed by atoms with Crippen LogP contribution in [0.15, 0.2) is 24.3 Å². The van der Waals surface area contributed by atoms with Crippen molar-refractivity contribution in [3.05, 3.63) is 29.8 Å². The van der Waals surface area contributed by atoms with E-state index in [1.807, 2.05) is 30.5 Å². The number of ether oxygens (including phenoxy) is 1. The minimum absolute atomic E-state index is 0.0418. The predicted octanol–water partition coefficient (Wildman–Crippen LogP) is 2.86. The molecule has 2 rings (SSSR count). The number of thioether (sulfide) groups is 2. The molecule has 8 nitrogen and oxygen atoms in total. The van der Waals surface area contributed by atoms with Gasteiger partial charge in [0.05, 0.1) is 5.75 Å². The van der Waals surface area contributed by atoms with Crippen LogP contribution in [0.5, 0.6) is 0 Å². The van der Waals surface area contributed by atoms with Crippen LogP contribution in [0.2, 0.25) is 0 Å². The van der Waals surface area contributed by atoms with E-state index in [2.05, 4.69) is 16.2 Å². The summed E-state index contributed by atoms with van der Waals surface area (Å²) in [5, 5.41) is 2.59. The summed E-state index contributed by atoms with van der Waals surface area (Å²) >= 11 is 7.93. The maximum Gasteiger partial charge on any atom is 0.408 e. The molecule has 1 aliphatic heterocycles. The van der Waals surface area contributed by atoms with Gasteiger partial charge < -0.3 is 15.0 Å². The van der Waals surface area contributed by atoms with Gasteiger partial charge in [-0.2, -0.15) is 11.8 Å². The molecule has 32 heavy (non-hydrogen) atoms. The number of carbonyl (C=O) groups is 3. The lowest BCUT2D eigenvalue weighted by Crippen LogP contribution is -2.52. The van der Waals surface area contributed by atoms with Crippen molar-refractivity contribution in [3.8, 4) is 0 Å². The zero-order chi connectivity index (χ0) is 23.7. The highest BCUT2D eigenvalue weighted by molar-refractivity contribution is 8.23. The van der Waals surface area contributed by atoms with Gasteiger partial charge >= 0.3 is 6.09 Å². The molecule has 0 aliphatic carbocycles. The summed E-state index contributed by atoms with van der Waals surface area (Å²) in [6, 6.07) is 7.07. The van der Waals surface area contributed by atoms with Crippen molar-refractivity contribution >= 4 is 63.7 Å². The normalized spacial score (nSPS) is 13.7. The van der Waals surface area contributed by atoms with Crippen LogP contribution in [-0.4, -0.2) is 58.2 Å². The summed E-state index contributed by atoms with van der Waals surface area (Å²) in [7, 11) is 0. The third-order valence-electron chi connectivity index (χ3n) is 4.42. The molecule has 0 saturated carbocycles. The Kier molecular flexibility index (Phi) is 10.1. The molecule has 1 aliphatic rings. The Labute approximate surface area is 202 Å². The third kappa shape index (κ3) is 8.51. The number of fused-ring (bicyclic) bond motifs is 1. The van der Waals surface area contributed by atoms with Crippen LogP contribution < -0.4 is 21.1 Å². The molecular formula is C21H30N4O4S3. The number of anilines is 1. The number of alkyl carbamates (subject to hydrolysis) is 1. The highest BCUT2D eigenvalue weighted by atomic mass is 32.2. The number of para-hydroxylation sites is 1. The van der Waals surface area contributed by atoms with Gasteiger partial charge in [-0.1, -0.05) is 42.2 Å². The molecule has 0 saturated heterocycles. The lowest BCUT2D eigenvalue weighted by atomic mass is 10.2. The van der Waals surface area contributed by atoms with Gasteiger partial charge in [0.15, 0.2) is 4.32 Å². The van der Waals surface area contributed by atoms with E-state index in [0.29, 0.717) is 18.7 Å². The quantitative estimate of drug-likeness (QED) is 0.390. The van der Waals surface area contributed by atoms with Crippen LogP contribution in [0.3, 0.4) is 0 Å². The molecule has 0 fully saturated rings. The van der Waals surface area contributed by atoms with Crippen LogP contribution in [0, 0.1) is 0 Å².